The number of aliphatic hydroxyl groups is 1. The Morgan fingerprint density at radius 1 is 1.32 bits per heavy atom. The first-order valence-electron chi connectivity index (χ1n) is 5.89. The highest BCUT2D eigenvalue weighted by atomic mass is 19.2. The van der Waals surface area contributed by atoms with Crippen molar-refractivity contribution in [1.82, 2.24) is 15.0 Å². The van der Waals surface area contributed by atoms with Gasteiger partial charge in [-0.25, -0.2) is 13.5 Å². The van der Waals surface area contributed by atoms with Crippen LogP contribution < -0.4 is 0 Å². The smallest absolute Gasteiger partial charge is 0.184 e. The molecule has 0 aliphatic carbocycles. The van der Waals surface area contributed by atoms with E-state index in [4.69, 9.17) is 0 Å². The molecule has 1 aromatic carbocycles. The molecule has 0 amide bonds. The van der Waals surface area contributed by atoms with Gasteiger partial charge in [-0.15, -0.1) is 5.10 Å². The second-order valence-electron chi connectivity index (χ2n) is 5.23. The number of hydrogen-bond acceptors (Lipinski definition) is 3. The summed E-state index contributed by atoms with van der Waals surface area (Å²) >= 11 is 0. The summed E-state index contributed by atoms with van der Waals surface area (Å²) in [7, 11) is 0. The van der Waals surface area contributed by atoms with Gasteiger partial charge in [0, 0.05) is 13.0 Å². The first-order valence-corrected chi connectivity index (χ1v) is 5.89. The van der Waals surface area contributed by atoms with E-state index in [2.05, 4.69) is 10.3 Å². The van der Waals surface area contributed by atoms with Gasteiger partial charge < -0.3 is 5.11 Å². The maximum absolute atomic E-state index is 13.6. The zero-order chi connectivity index (χ0) is 14.0. The summed E-state index contributed by atoms with van der Waals surface area (Å²) in [5.74, 6) is -1.88. The van der Waals surface area contributed by atoms with Crippen molar-refractivity contribution in [3.8, 4) is 5.69 Å². The lowest BCUT2D eigenvalue weighted by Gasteiger charge is -2.19. The van der Waals surface area contributed by atoms with Crippen LogP contribution in [0.15, 0.2) is 24.4 Å². The average Bonchev–Trinajstić information content (AvgIpc) is 2.80. The monoisotopic (exact) mass is 267 g/mol. The fourth-order valence-electron chi connectivity index (χ4n) is 1.71. The van der Waals surface area contributed by atoms with Crippen LogP contribution in [0.4, 0.5) is 8.78 Å². The number of hydrogen-bond donors (Lipinski definition) is 1. The minimum Gasteiger partial charge on any atom is -0.396 e. The summed E-state index contributed by atoms with van der Waals surface area (Å²) in [6, 6.07) is 3.88. The molecule has 0 atom stereocenters. The number of rotatable bonds is 4. The van der Waals surface area contributed by atoms with E-state index in [1.807, 2.05) is 13.8 Å². The Morgan fingerprint density at radius 2 is 2.05 bits per heavy atom. The predicted octanol–water partition coefficient (Wildman–Crippen LogP) is 2.11. The first-order chi connectivity index (χ1) is 8.93. The van der Waals surface area contributed by atoms with E-state index < -0.39 is 11.6 Å². The summed E-state index contributed by atoms with van der Waals surface area (Å²) in [5, 5.41) is 16.9. The quantitative estimate of drug-likeness (QED) is 0.923. The molecule has 6 heteroatoms. The molecule has 0 radical (unpaired) electrons. The fourth-order valence-corrected chi connectivity index (χ4v) is 1.71. The van der Waals surface area contributed by atoms with Crippen molar-refractivity contribution in [3.05, 3.63) is 41.7 Å². The Morgan fingerprint density at radius 3 is 2.74 bits per heavy atom. The third-order valence-electron chi connectivity index (χ3n) is 2.81. The maximum atomic E-state index is 13.6. The molecule has 0 spiro atoms. The van der Waals surface area contributed by atoms with Gasteiger partial charge in [0.15, 0.2) is 11.6 Å². The van der Waals surface area contributed by atoms with E-state index in [0.717, 1.165) is 6.07 Å². The Kier molecular flexibility index (Phi) is 3.61. The van der Waals surface area contributed by atoms with Crippen molar-refractivity contribution in [2.75, 3.05) is 6.61 Å². The average molecular weight is 267 g/mol. The Hall–Kier alpha value is -1.82. The summed E-state index contributed by atoms with van der Waals surface area (Å²) in [6.45, 7) is 3.78. The van der Waals surface area contributed by atoms with Gasteiger partial charge in [-0.05, 0) is 17.5 Å². The van der Waals surface area contributed by atoms with E-state index >= 15 is 0 Å². The van der Waals surface area contributed by atoms with Gasteiger partial charge in [-0.1, -0.05) is 25.1 Å². The molecule has 0 aliphatic heterocycles. The summed E-state index contributed by atoms with van der Waals surface area (Å²) in [5.41, 5.74) is 0.296. The van der Waals surface area contributed by atoms with Gasteiger partial charge in [0.1, 0.15) is 5.69 Å². The van der Waals surface area contributed by atoms with Gasteiger partial charge >= 0.3 is 0 Å². The summed E-state index contributed by atoms with van der Waals surface area (Å²) in [4.78, 5) is 0. The SMILES string of the molecule is CC(C)(CO)Cc1cn(-c2cccc(F)c2F)nn1. The molecule has 0 aliphatic rings. The number of aromatic nitrogens is 3. The number of aliphatic hydroxyl groups excluding tert-OH is 1. The number of nitrogens with zero attached hydrogens (tertiary/aromatic N) is 3. The Bertz CT molecular complexity index is 581. The molecular weight excluding hydrogens is 252 g/mol. The Labute approximate surface area is 109 Å². The van der Waals surface area contributed by atoms with Crippen molar-refractivity contribution in [1.29, 1.82) is 0 Å². The van der Waals surface area contributed by atoms with Crippen LogP contribution in [0, 0.1) is 17.0 Å². The minimum absolute atomic E-state index is 0.00812. The van der Waals surface area contributed by atoms with Crippen molar-refractivity contribution >= 4 is 0 Å². The van der Waals surface area contributed by atoms with Gasteiger partial charge in [0.2, 0.25) is 0 Å². The van der Waals surface area contributed by atoms with Crippen LogP contribution in [-0.2, 0) is 6.42 Å². The molecule has 0 unspecified atom stereocenters. The van der Waals surface area contributed by atoms with E-state index in [1.165, 1.54) is 23.0 Å². The topological polar surface area (TPSA) is 50.9 Å². The molecule has 2 rings (SSSR count). The highest BCUT2D eigenvalue weighted by Crippen LogP contribution is 2.21. The Balaban J connectivity index is 2.29. The standard InChI is InChI=1S/C13H15F2N3O/c1-13(2,8-19)6-9-7-18(17-16-9)11-5-3-4-10(14)12(11)15/h3-5,7,19H,6,8H2,1-2H3. The molecule has 102 valence electrons. The van der Waals surface area contributed by atoms with Crippen molar-refractivity contribution in [2.45, 2.75) is 20.3 Å². The molecule has 2 aromatic rings. The third kappa shape index (κ3) is 2.96. The molecule has 1 heterocycles. The lowest BCUT2D eigenvalue weighted by molar-refractivity contribution is 0.158. The van der Waals surface area contributed by atoms with E-state index in [-0.39, 0.29) is 17.7 Å². The number of benzene rings is 1. The van der Waals surface area contributed by atoms with Crippen LogP contribution in [0.1, 0.15) is 19.5 Å². The predicted molar refractivity (Wildman–Crippen MR) is 65.8 cm³/mol. The highest BCUT2D eigenvalue weighted by Gasteiger charge is 2.20. The van der Waals surface area contributed by atoms with Crippen LogP contribution >= 0.6 is 0 Å². The largest absolute Gasteiger partial charge is 0.396 e. The second kappa shape index (κ2) is 5.05. The molecule has 0 bridgehead atoms. The van der Waals surface area contributed by atoms with E-state index in [0.29, 0.717) is 12.1 Å². The molecule has 19 heavy (non-hydrogen) atoms. The van der Waals surface area contributed by atoms with Crippen LogP contribution in [-0.4, -0.2) is 26.7 Å². The van der Waals surface area contributed by atoms with Gasteiger partial charge in [-0.3, -0.25) is 0 Å². The summed E-state index contributed by atoms with van der Waals surface area (Å²) in [6.07, 6.45) is 2.04. The van der Waals surface area contributed by atoms with Crippen LogP contribution in [0.2, 0.25) is 0 Å². The zero-order valence-electron chi connectivity index (χ0n) is 10.8. The molecule has 1 aromatic heterocycles. The van der Waals surface area contributed by atoms with Gasteiger partial charge in [-0.2, -0.15) is 0 Å². The van der Waals surface area contributed by atoms with Crippen LogP contribution in [0.3, 0.4) is 0 Å². The molecule has 4 nitrogen and oxygen atoms in total. The van der Waals surface area contributed by atoms with Gasteiger partial charge in [0.05, 0.1) is 11.9 Å². The number of halogens is 2. The third-order valence-corrected chi connectivity index (χ3v) is 2.81. The highest BCUT2D eigenvalue weighted by molar-refractivity contribution is 5.33. The fraction of sp³-hybridized carbons (Fsp3) is 0.385. The lowest BCUT2D eigenvalue weighted by atomic mass is 9.89. The minimum atomic E-state index is -0.958. The van der Waals surface area contributed by atoms with Crippen molar-refractivity contribution < 1.29 is 13.9 Å². The normalized spacial score (nSPS) is 11.8. The molecule has 1 N–H and O–H groups in total. The summed E-state index contributed by atoms with van der Waals surface area (Å²) < 4.78 is 27.9. The van der Waals surface area contributed by atoms with E-state index in [9.17, 15) is 13.9 Å². The van der Waals surface area contributed by atoms with Crippen LogP contribution in [0.5, 0.6) is 0 Å². The van der Waals surface area contributed by atoms with Crippen LogP contribution in [0.25, 0.3) is 5.69 Å². The zero-order valence-corrected chi connectivity index (χ0v) is 10.8. The maximum Gasteiger partial charge on any atom is 0.184 e. The van der Waals surface area contributed by atoms with Gasteiger partial charge in [0.25, 0.3) is 0 Å². The van der Waals surface area contributed by atoms with E-state index in [1.54, 1.807) is 0 Å². The molecule has 0 saturated heterocycles. The second-order valence-corrected chi connectivity index (χ2v) is 5.23. The molecule has 0 saturated carbocycles. The molecular formula is C13H15F2N3O. The van der Waals surface area contributed by atoms with Crippen molar-refractivity contribution in [3.63, 3.8) is 0 Å². The lowest BCUT2D eigenvalue weighted by Crippen LogP contribution is -2.19. The molecule has 0 fully saturated rings. The first kappa shape index (κ1) is 13.6. The van der Waals surface area contributed by atoms with Crippen molar-refractivity contribution in [2.24, 2.45) is 5.41 Å².